The van der Waals surface area contributed by atoms with Crippen molar-refractivity contribution in [3.8, 4) is 0 Å². The van der Waals surface area contributed by atoms with E-state index in [1.807, 2.05) is 0 Å². The molecule has 0 amide bonds. The number of para-hydroxylation sites is 1. The van der Waals surface area contributed by atoms with Gasteiger partial charge in [-0.3, -0.25) is 0 Å². The first-order chi connectivity index (χ1) is 8.57. The Balaban J connectivity index is 1.92. The molecule has 0 saturated heterocycles. The molecule has 100 valence electrons. The van der Waals surface area contributed by atoms with E-state index < -0.39 is 10.0 Å². The van der Waals surface area contributed by atoms with Crippen LogP contribution in [0.3, 0.4) is 0 Å². The average Bonchev–Trinajstić information content (AvgIpc) is 2.83. The summed E-state index contributed by atoms with van der Waals surface area (Å²) in [5, 5.41) is 0. The summed E-state index contributed by atoms with van der Waals surface area (Å²) < 4.78 is 26.6. The van der Waals surface area contributed by atoms with E-state index in [1.54, 1.807) is 24.3 Å². The molecule has 2 rings (SSSR count). The molecule has 0 aromatic heterocycles. The molecule has 0 bridgehead atoms. The fraction of sp³-hybridized carbons (Fsp3) is 0.538. The van der Waals surface area contributed by atoms with Gasteiger partial charge in [0.25, 0.3) is 0 Å². The topological polar surface area (TPSA) is 72.2 Å². The number of hydrogen-bond acceptors (Lipinski definition) is 3. The fourth-order valence-electron chi connectivity index (χ4n) is 2.38. The summed E-state index contributed by atoms with van der Waals surface area (Å²) in [6, 6.07) is 7.08. The molecule has 0 unspecified atom stereocenters. The molecule has 1 fully saturated rings. The van der Waals surface area contributed by atoms with Crippen LogP contribution in [0.5, 0.6) is 0 Å². The summed E-state index contributed by atoms with van der Waals surface area (Å²) in [6.07, 6.45) is 4.71. The third kappa shape index (κ3) is 3.71. The molecule has 1 aliphatic carbocycles. The Kier molecular flexibility index (Phi) is 4.24. The molecule has 0 aliphatic heterocycles. The van der Waals surface area contributed by atoms with Crippen LogP contribution in [0.2, 0.25) is 0 Å². The Labute approximate surface area is 109 Å². The molecule has 5 heteroatoms. The zero-order valence-corrected chi connectivity index (χ0v) is 11.2. The molecule has 0 atom stereocenters. The minimum Gasteiger partial charge on any atom is -0.398 e. The van der Waals surface area contributed by atoms with E-state index in [1.165, 1.54) is 12.8 Å². The van der Waals surface area contributed by atoms with E-state index in [9.17, 15) is 8.42 Å². The van der Waals surface area contributed by atoms with Gasteiger partial charge in [-0.25, -0.2) is 13.1 Å². The van der Waals surface area contributed by atoms with Crippen LogP contribution in [0.1, 0.15) is 31.2 Å². The third-order valence-electron chi connectivity index (χ3n) is 3.47. The number of nitrogen functional groups attached to an aromatic ring is 1. The number of nitrogens with two attached hydrogens (primary N) is 1. The van der Waals surface area contributed by atoms with Crippen molar-refractivity contribution in [3.05, 3.63) is 29.8 Å². The second kappa shape index (κ2) is 5.71. The van der Waals surface area contributed by atoms with Crippen LogP contribution in [0.25, 0.3) is 0 Å². The molecule has 1 aromatic rings. The Hall–Kier alpha value is -1.07. The monoisotopic (exact) mass is 268 g/mol. The lowest BCUT2D eigenvalue weighted by Crippen LogP contribution is -2.29. The van der Waals surface area contributed by atoms with Crippen molar-refractivity contribution in [1.82, 2.24) is 4.72 Å². The average molecular weight is 268 g/mol. The standard InChI is InChI=1S/C13H20N2O2S/c14-13-8-4-3-7-12(13)10-18(16,17)15-9-11-5-1-2-6-11/h3-4,7-8,11,15H,1-2,5-6,9-10,14H2. The van der Waals surface area contributed by atoms with E-state index in [-0.39, 0.29) is 5.75 Å². The second-order valence-corrected chi connectivity index (χ2v) is 6.76. The Bertz CT molecular complexity index is 493. The van der Waals surface area contributed by atoms with E-state index in [2.05, 4.69) is 4.72 Å². The molecule has 1 aliphatic rings. The van der Waals surface area contributed by atoms with Gasteiger partial charge in [-0.1, -0.05) is 31.0 Å². The van der Waals surface area contributed by atoms with Crippen LogP contribution < -0.4 is 10.5 Å². The molecular weight excluding hydrogens is 248 g/mol. The quantitative estimate of drug-likeness (QED) is 0.801. The number of sulfonamides is 1. The van der Waals surface area contributed by atoms with Gasteiger partial charge in [0, 0.05) is 12.2 Å². The smallest absolute Gasteiger partial charge is 0.215 e. The lowest BCUT2D eigenvalue weighted by molar-refractivity contribution is 0.519. The molecule has 0 heterocycles. The van der Waals surface area contributed by atoms with Crippen LogP contribution in [0.4, 0.5) is 5.69 Å². The van der Waals surface area contributed by atoms with Crippen molar-refractivity contribution in [2.45, 2.75) is 31.4 Å². The summed E-state index contributed by atoms with van der Waals surface area (Å²) in [7, 11) is -3.27. The van der Waals surface area contributed by atoms with E-state index in [0.29, 0.717) is 23.7 Å². The van der Waals surface area contributed by atoms with Crippen LogP contribution >= 0.6 is 0 Å². The number of hydrogen-bond donors (Lipinski definition) is 2. The van der Waals surface area contributed by atoms with Crippen LogP contribution in [-0.2, 0) is 15.8 Å². The molecule has 4 nitrogen and oxygen atoms in total. The minimum atomic E-state index is -3.27. The van der Waals surface area contributed by atoms with Crippen molar-refractivity contribution in [2.24, 2.45) is 5.92 Å². The number of nitrogens with one attached hydrogen (secondary N) is 1. The lowest BCUT2D eigenvalue weighted by atomic mass is 10.1. The van der Waals surface area contributed by atoms with Gasteiger partial charge >= 0.3 is 0 Å². The van der Waals surface area contributed by atoms with Gasteiger partial charge in [0.05, 0.1) is 5.75 Å². The first kappa shape index (κ1) is 13.4. The molecule has 0 spiro atoms. The van der Waals surface area contributed by atoms with Gasteiger partial charge < -0.3 is 5.73 Å². The Morgan fingerprint density at radius 3 is 2.56 bits per heavy atom. The van der Waals surface area contributed by atoms with Crippen molar-refractivity contribution < 1.29 is 8.42 Å². The van der Waals surface area contributed by atoms with Gasteiger partial charge in [-0.05, 0) is 30.4 Å². The maximum absolute atomic E-state index is 11.9. The summed E-state index contributed by atoms with van der Waals surface area (Å²) in [6.45, 7) is 0.565. The SMILES string of the molecule is Nc1ccccc1CS(=O)(=O)NCC1CCCC1. The predicted molar refractivity (Wildman–Crippen MR) is 73.4 cm³/mol. The highest BCUT2D eigenvalue weighted by Gasteiger charge is 2.19. The summed E-state index contributed by atoms with van der Waals surface area (Å²) in [5.74, 6) is 0.472. The maximum atomic E-state index is 11.9. The predicted octanol–water partition coefficient (Wildman–Crippen LogP) is 1.88. The molecule has 3 N–H and O–H groups in total. The second-order valence-electron chi connectivity index (χ2n) is 4.96. The third-order valence-corrected chi connectivity index (χ3v) is 4.76. The van der Waals surface area contributed by atoms with Gasteiger partial charge in [0.15, 0.2) is 0 Å². The van der Waals surface area contributed by atoms with Crippen molar-refractivity contribution in [3.63, 3.8) is 0 Å². The van der Waals surface area contributed by atoms with E-state index in [0.717, 1.165) is 12.8 Å². The van der Waals surface area contributed by atoms with Crippen LogP contribution in [0.15, 0.2) is 24.3 Å². The van der Waals surface area contributed by atoms with Crippen molar-refractivity contribution in [2.75, 3.05) is 12.3 Å². The largest absolute Gasteiger partial charge is 0.398 e. The number of benzene rings is 1. The lowest BCUT2D eigenvalue weighted by Gasteiger charge is -2.12. The summed E-state index contributed by atoms with van der Waals surface area (Å²) >= 11 is 0. The van der Waals surface area contributed by atoms with Gasteiger partial charge in [-0.15, -0.1) is 0 Å². The molecule has 0 radical (unpaired) electrons. The number of rotatable bonds is 5. The van der Waals surface area contributed by atoms with Gasteiger partial charge in [-0.2, -0.15) is 0 Å². The van der Waals surface area contributed by atoms with Gasteiger partial charge in [0.1, 0.15) is 0 Å². The van der Waals surface area contributed by atoms with Crippen molar-refractivity contribution >= 4 is 15.7 Å². The minimum absolute atomic E-state index is 0.0353. The Morgan fingerprint density at radius 2 is 1.89 bits per heavy atom. The highest BCUT2D eigenvalue weighted by atomic mass is 32.2. The van der Waals surface area contributed by atoms with Crippen molar-refractivity contribution in [1.29, 1.82) is 0 Å². The Morgan fingerprint density at radius 1 is 1.22 bits per heavy atom. The van der Waals surface area contributed by atoms with E-state index >= 15 is 0 Å². The summed E-state index contributed by atoms with van der Waals surface area (Å²) in [5.41, 5.74) is 6.95. The van der Waals surface area contributed by atoms with Crippen LogP contribution in [0, 0.1) is 5.92 Å². The fourth-order valence-corrected chi connectivity index (χ4v) is 3.64. The normalized spacial score (nSPS) is 17.1. The molecular formula is C13H20N2O2S. The van der Waals surface area contributed by atoms with E-state index in [4.69, 9.17) is 5.73 Å². The highest BCUT2D eigenvalue weighted by molar-refractivity contribution is 7.88. The number of anilines is 1. The first-order valence-electron chi connectivity index (χ1n) is 6.37. The maximum Gasteiger partial charge on any atom is 0.215 e. The van der Waals surface area contributed by atoms with Crippen LogP contribution in [-0.4, -0.2) is 15.0 Å². The van der Waals surface area contributed by atoms with Gasteiger partial charge in [0.2, 0.25) is 10.0 Å². The zero-order chi connectivity index (χ0) is 13.0. The first-order valence-corrected chi connectivity index (χ1v) is 8.03. The highest BCUT2D eigenvalue weighted by Crippen LogP contribution is 2.24. The molecule has 1 saturated carbocycles. The summed E-state index contributed by atoms with van der Waals surface area (Å²) in [4.78, 5) is 0. The zero-order valence-electron chi connectivity index (χ0n) is 10.4. The molecule has 1 aromatic carbocycles. The molecule has 18 heavy (non-hydrogen) atoms.